The van der Waals surface area contributed by atoms with Gasteiger partial charge in [0.2, 0.25) is 11.8 Å². The molecule has 1 saturated carbocycles. The predicted molar refractivity (Wildman–Crippen MR) is 149 cm³/mol. The Morgan fingerprint density at radius 3 is 2.42 bits per heavy atom. The fourth-order valence-corrected chi connectivity index (χ4v) is 4.91. The molecular formula is C30H43N3O7. The number of cyclic esters (lactones) is 1. The maximum absolute atomic E-state index is 13.3. The molecule has 3 amide bonds. The van der Waals surface area contributed by atoms with Crippen molar-refractivity contribution >= 4 is 23.9 Å². The van der Waals surface area contributed by atoms with Crippen LogP contribution in [0.4, 0.5) is 4.79 Å². The van der Waals surface area contributed by atoms with Crippen LogP contribution in [0, 0.1) is 11.3 Å². The zero-order valence-corrected chi connectivity index (χ0v) is 23.7. The van der Waals surface area contributed by atoms with Crippen LogP contribution < -0.4 is 16.0 Å². The van der Waals surface area contributed by atoms with Crippen LogP contribution in [0.1, 0.15) is 71.3 Å². The minimum absolute atomic E-state index is 0.0396. The third-order valence-electron chi connectivity index (χ3n) is 7.57. The molecule has 3 unspecified atom stereocenters. The fourth-order valence-electron chi connectivity index (χ4n) is 4.91. The number of aliphatic hydroxyl groups is 1. The van der Waals surface area contributed by atoms with Gasteiger partial charge >= 0.3 is 12.1 Å². The molecule has 0 saturated heterocycles. The molecule has 1 aromatic rings. The van der Waals surface area contributed by atoms with Gasteiger partial charge in [-0.1, -0.05) is 76.1 Å². The molecule has 40 heavy (non-hydrogen) atoms. The van der Waals surface area contributed by atoms with Gasteiger partial charge in [-0.05, 0) is 36.7 Å². The summed E-state index contributed by atoms with van der Waals surface area (Å²) < 4.78 is 10.8. The van der Waals surface area contributed by atoms with Crippen LogP contribution >= 0.6 is 0 Å². The largest absolute Gasteiger partial charge is 0.462 e. The average molecular weight is 558 g/mol. The summed E-state index contributed by atoms with van der Waals surface area (Å²) in [6.45, 7) is 5.59. The Morgan fingerprint density at radius 2 is 1.77 bits per heavy atom. The number of hydrogen-bond donors (Lipinski definition) is 4. The standard InChI is InChI=1S/C30H43N3O7/c1-29(2,3)24-19-39-27(37)23(31-28(38)40-18-21-11-5-4-6-12-21)14-8-7-13-22(26(36)32-24)17-25(35)33-30(20-34)15-9-10-16-30/h4-8,11-12,22-24,34H,9-10,13-20H2,1-3H3,(H,31,38)(H,32,36)(H,33,35). The van der Waals surface area contributed by atoms with Crippen molar-refractivity contribution in [2.45, 2.75) is 89.9 Å². The second-order valence-electron chi connectivity index (χ2n) is 11.9. The number of carbonyl (C=O) groups excluding carboxylic acids is 4. The summed E-state index contributed by atoms with van der Waals surface area (Å²) in [5, 5.41) is 18.4. The van der Waals surface area contributed by atoms with Crippen molar-refractivity contribution in [1.82, 2.24) is 16.0 Å². The first-order valence-electron chi connectivity index (χ1n) is 14.0. The van der Waals surface area contributed by atoms with Crippen molar-refractivity contribution in [3.8, 4) is 0 Å². The quantitative estimate of drug-likeness (QED) is 0.298. The predicted octanol–water partition coefficient (Wildman–Crippen LogP) is 3.13. The zero-order valence-electron chi connectivity index (χ0n) is 23.7. The number of hydrogen-bond acceptors (Lipinski definition) is 7. The molecule has 1 heterocycles. The van der Waals surface area contributed by atoms with Crippen molar-refractivity contribution in [3.63, 3.8) is 0 Å². The molecule has 3 rings (SSSR count). The minimum atomic E-state index is -0.983. The van der Waals surface area contributed by atoms with Crippen molar-refractivity contribution in [2.24, 2.45) is 11.3 Å². The molecule has 0 spiro atoms. The number of amides is 3. The highest BCUT2D eigenvalue weighted by Gasteiger charge is 2.36. The first-order chi connectivity index (χ1) is 19.0. The van der Waals surface area contributed by atoms with E-state index < -0.39 is 41.0 Å². The lowest BCUT2D eigenvalue weighted by Gasteiger charge is -2.33. The number of allylic oxidation sites excluding steroid dienone is 1. The molecule has 10 heteroatoms. The van der Waals surface area contributed by atoms with Crippen LogP contribution in [0.3, 0.4) is 0 Å². The second kappa shape index (κ2) is 14.3. The van der Waals surface area contributed by atoms with Gasteiger partial charge in [-0.15, -0.1) is 0 Å². The van der Waals surface area contributed by atoms with E-state index in [2.05, 4.69) is 16.0 Å². The summed E-state index contributed by atoms with van der Waals surface area (Å²) in [6, 6.07) is 7.69. The lowest BCUT2D eigenvalue weighted by molar-refractivity contribution is -0.148. The van der Waals surface area contributed by atoms with Gasteiger partial charge in [-0.2, -0.15) is 0 Å². The van der Waals surface area contributed by atoms with Gasteiger partial charge in [-0.25, -0.2) is 9.59 Å². The van der Waals surface area contributed by atoms with Gasteiger partial charge in [0.25, 0.3) is 0 Å². The lowest BCUT2D eigenvalue weighted by atomic mass is 9.86. The highest BCUT2D eigenvalue weighted by atomic mass is 16.6. The monoisotopic (exact) mass is 557 g/mol. The van der Waals surface area contributed by atoms with Crippen molar-refractivity contribution in [3.05, 3.63) is 48.0 Å². The first-order valence-corrected chi connectivity index (χ1v) is 14.0. The van der Waals surface area contributed by atoms with Gasteiger partial charge < -0.3 is 30.5 Å². The van der Waals surface area contributed by atoms with E-state index in [1.807, 2.05) is 51.1 Å². The summed E-state index contributed by atoms with van der Waals surface area (Å²) in [5.41, 5.74) is -0.258. The maximum atomic E-state index is 13.3. The Morgan fingerprint density at radius 1 is 1.10 bits per heavy atom. The Kier molecular flexibility index (Phi) is 11.1. The Labute approximate surface area is 236 Å². The van der Waals surface area contributed by atoms with Crippen LogP contribution in [0.2, 0.25) is 0 Å². The maximum Gasteiger partial charge on any atom is 0.408 e. The summed E-state index contributed by atoms with van der Waals surface area (Å²) >= 11 is 0. The SMILES string of the molecule is CC(C)(C)C1COC(=O)C(NC(=O)OCc2ccccc2)CC=CCC(CC(=O)NC2(CO)CCCC2)C(=O)N1. The number of alkyl carbamates (subject to hydrolysis) is 1. The molecule has 10 nitrogen and oxygen atoms in total. The van der Waals surface area contributed by atoms with Crippen LogP contribution in [0.5, 0.6) is 0 Å². The molecule has 1 aliphatic carbocycles. The van der Waals surface area contributed by atoms with Gasteiger partial charge in [-0.3, -0.25) is 9.59 Å². The number of carbonyl (C=O) groups is 4. The summed E-state index contributed by atoms with van der Waals surface area (Å²) in [6.07, 6.45) is 6.35. The fraction of sp³-hybridized carbons (Fsp3) is 0.600. The molecule has 2 aliphatic rings. The van der Waals surface area contributed by atoms with Crippen LogP contribution in [0.15, 0.2) is 42.5 Å². The smallest absolute Gasteiger partial charge is 0.408 e. The summed E-state index contributed by atoms with van der Waals surface area (Å²) in [4.78, 5) is 51.6. The van der Waals surface area contributed by atoms with E-state index in [9.17, 15) is 24.3 Å². The van der Waals surface area contributed by atoms with Crippen LogP contribution in [-0.4, -0.2) is 59.8 Å². The first kappa shape index (κ1) is 31.1. The molecule has 0 aromatic heterocycles. The van der Waals surface area contributed by atoms with E-state index in [1.54, 1.807) is 12.2 Å². The molecule has 1 aliphatic heterocycles. The molecule has 220 valence electrons. The van der Waals surface area contributed by atoms with Crippen LogP contribution in [0.25, 0.3) is 0 Å². The summed E-state index contributed by atoms with van der Waals surface area (Å²) in [7, 11) is 0. The minimum Gasteiger partial charge on any atom is -0.462 e. The zero-order chi connectivity index (χ0) is 29.2. The number of nitrogens with one attached hydrogen (secondary N) is 3. The van der Waals surface area contributed by atoms with Crippen LogP contribution in [-0.2, 0) is 30.5 Å². The Bertz CT molecular complexity index is 1050. The second-order valence-corrected chi connectivity index (χ2v) is 11.9. The van der Waals surface area contributed by atoms with E-state index in [0.717, 1.165) is 18.4 Å². The molecule has 4 N–H and O–H groups in total. The van der Waals surface area contributed by atoms with Gasteiger partial charge in [0.1, 0.15) is 19.3 Å². The van der Waals surface area contributed by atoms with E-state index in [-0.39, 0.29) is 50.9 Å². The number of benzene rings is 1. The van der Waals surface area contributed by atoms with Gasteiger partial charge in [0.15, 0.2) is 0 Å². The van der Waals surface area contributed by atoms with Crippen molar-refractivity contribution in [2.75, 3.05) is 13.2 Å². The molecule has 0 radical (unpaired) electrons. The van der Waals surface area contributed by atoms with Gasteiger partial charge in [0, 0.05) is 6.42 Å². The number of esters is 1. The van der Waals surface area contributed by atoms with E-state index >= 15 is 0 Å². The van der Waals surface area contributed by atoms with Crippen molar-refractivity contribution < 1.29 is 33.8 Å². The number of ether oxygens (including phenoxy) is 2. The highest BCUT2D eigenvalue weighted by molar-refractivity contribution is 5.86. The van der Waals surface area contributed by atoms with Gasteiger partial charge in [0.05, 0.1) is 24.1 Å². The molecular weight excluding hydrogens is 514 g/mol. The third-order valence-corrected chi connectivity index (χ3v) is 7.57. The Balaban J connectivity index is 1.70. The van der Waals surface area contributed by atoms with E-state index in [4.69, 9.17) is 9.47 Å². The third kappa shape index (κ3) is 9.36. The number of rotatable bonds is 7. The average Bonchev–Trinajstić information content (AvgIpc) is 3.38. The normalized spacial score (nSPS) is 23.6. The molecule has 3 atom stereocenters. The lowest BCUT2D eigenvalue weighted by Crippen LogP contribution is -2.52. The molecule has 0 bridgehead atoms. The van der Waals surface area contributed by atoms with Crippen molar-refractivity contribution in [1.29, 1.82) is 0 Å². The number of aliphatic hydroxyl groups excluding tert-OH is 1. The van der Waals surface area contributed by atoms with E-state index in [0.29, 0.717) is 12.8 Å². The molecule has 1 aromatic carbocycles. The topological polar surface area (TPSA) is 143 Å². The van der Waals surface area contributed by atoms with E-state index in [1.165, 1.54) is 0 Å². The summed E-state index contributed by atoms with van der Waals surface area (Å²) in [5.74, 6) is -1.88. The molecule has 1 fully saturated rings. The highest BCUT2D eigenvalue weighted by Crippen LogP contribution is 2.29. The Hall–Kier alpha value is -3.40.